The van der Waals surface area contributed by atoms with Gasteiger partial charge in [-0.3, -0.25) is 5.10 Å². The molecule has 0 fully saturated rings. The van der Waals surface area contributed by atoms with Gasteiger partial charge in [0.1, 0.15) is 0 Å². The van der Waals surface area contributed by atoms with Crippen LogP contribution in [-0.2, 0) is 12.8 Å². The van der Waals surface area contributed by atoms with Crippen molar-refractivity contribution in [3.05, 3.63) is 11.4 Å². The predicted octanol–water partition coefficient (Wildman–Crippen LogP) is 0.444. The van der Waals surface area contributed by atoms with E-state index in [4.69, 9.17) is 5.26 Å². The minimum atomic E-state index is 0.388. The maximum Gasteiger partial charge on any atom is 0.0996 e. The molecule has 1 aliphatic rings. The van der Waals surface area contributed by atoms with Gasteiger partial charge in [0, 0.05) is 13.0 Å². The lowest BCUT2D eigenvalue weighted by atomic mass is 10.2. The number of anilines is 1. The van der Waals surface area contributed by atoms with E-state index in [2.05, 4.69) is 21.6 Å². The average molecular weight is 148 g/mol. The molecule has 1 aromatic rings. The van der Waals surface area contributed by atoms with Crippen LogP contribution in [0.3, 0.4) is 0 Å². The molecule has 0 aliphatic carbocycles. The third-order valence-corrected chi connectivity index (χ3v) is 1.84. The summed E-state index contributed by atoms with van der Waals surface area (Å²) in [6.07, 6.45) is 1.38. The lowest BCUT2D eigenvalue weighted by Crippen LogP contribution is -1.96. The zero-order chi connectivity index (χ0) is 7.68. The molecule has 11 heavy (non-hydrogen) atoms. The van der Waals surface area contributed by atoms with Gasteiger partial charge in [-0.1, -0.05) is 0 Å². The summed E-state index contributed by atoms with van der Waals surface area (Å²) in [5, 5.41) is 18.6. The lowest BCUT2D eigenvalue weighted by molar-refractivity contribution is 0.934. The fraction of sp³-hybridized carbons (Fsp3) is 0.429. The third kappa shape index (κ3) is 0.855. The van der Waals surface area contributed by atoms with Crippen molar-refractivity contribution in [2.24, 2.45) is 0 Å². The van der Waals surface area contributed by atoms with Gasteiger partial charge in [0.05, 0.1) is 29.6 Å². The van der Waals surface area contributed by atoms with E-state index in [9.17, 15) is 0 Å². The average Bonchev–Trinajstić information content (AvgIpc) is 2.53. The molecule has 1 aliphatic heterocycles. The topological polar surface area (TPSA) is 64.5 Å². The highest BCUT2D eigenvalue weighted by atomic mass is 15.2. The summed E-state index contributed by atoms with van der Waals surface area (Å²) in [5.41, 5.74) is 3.03. The van der Waals surface area contributed by atoms with E-state index in [0.29, 0.717) is 6.42 Å². The number of H-pyrrole nitrogens is 1. The van der Waals surface area contributed by atoms with Crippen molar-refractivity contribution in [2.75, 3.05) is 11.9 Å². The second-order valence-electron chi connectivity index (χ2n) is 2.54. The van der Waals surface area contributed by atoms with Crippen molar-refractivity contribution in [1.29, 1.82) is 5.26 Å². The monoisotopic (exact) mass is 148 g/mol. The molecule has 0 saturated heterocycles. The number of rotatable bonds is 1. The van der Waals surface area contributed by atoms with Crippen LogP contribution in [0.15, 0.2) is 0 Å². The first-order valence-corrected chi connectivity index (χ1v) is 3.59. The van der Waals surface area contributed by atoms with Crippen LogP contribution < -0.4 is 5.32 Å². The first-order chi connectivity index (χ1) is 5.42. The number of hydrogen-bond acceptors (Lipinski definition) is 3. The molecule has 2 heterocycles. The zero-order valence-electron chi connectivity index (χ0n) is 6.02. The van der Waals surface area contributed by atoms with Crippen LogP contribution in [0.1, 0.15) is 11.4 Å². The summed E-state index contributed by atoms with van der Waals surface area (Å²) in [6, 6.07) is 2.08. The van der Waals surface area contributed by atoms with E-state index in [1.807, 2.05) is 0 Å². The van der Waals surface area contributed by atoms with E-state index in [1.165, 1.54) is 0 Å². The summed E-state index contributed by atoms with van der Waals surface area (Å²) in [5.74, 6) is 0. The molecule has 2 N–H and O–H groups in total. The van der Waals surface area contributed by atoms with E-state index in [0.717, 1.165) is 30.0 Å². The van der Waals surface area contributed by atoms with Crippen molar-refractivity contribution in [2.45, 2.75) is 12.8 Å². The zero-order valence-corrected chi connectivity index (χ0v) is 6.02. The van der Waals surface area contributed by atoms with E-state index >= 15 is 0 Å². The number of nitrogens with zero attached hydrogens (tertiary/aromatic N) is 2. The standard InChI is InChI=1S/C7H8N4/c8-3-1-5-7-6(11-10-5)2-4-9-7/h9H,1-2,4H2,(H,10,11). The van der Waals surface area contributed by atoms with E-state index in [1.54, 1.807) is 0 Å². The Morgan fingerprint density at radius 3 is 3.36 bits per heavy atom. The molecule has 56 valence electrons. The van der Waals surface area contributed by atoms with Crippen molar-refractivity contribution in [3.63, 3.8) is 0 Å². The number of hydrogen-bond donors (Lipinski definition) is 2. The molecule has 0 bridgehead atoms. The summed E-state index contributed by atoms with van der Waals surface area (Å²) in [7, 11) is 0. The van der Waals surface area contributed by atoms with Gasteiger partial charge >= 0.3 is 0 Å². The van der Waals surface area contributed by atoms with Crippen LogP contribution in [-0.4, -0.2) is 16.7 Å². The second kappa shape index (κ2) is 2.27. The Hall–Kier alpha value is -1.50. The molecule has 2 rings (SSSR count). The van der Waals surface area contributed by atoms with Gasteiger partial charge in [-0.25, -0.2) is 0 Å². The predicted molar refractivity (Wildman–Crippen MR) is 40.1 cm³/mol. The molecule has 1 aromatic heterocycles. The van der Waals surface area contributed by atoms with Gasteiger partial charge in [0.15, 0.2) is 0 Å². The van der Waals surface area contributed by atoms with Crippen LogP contribution in [0, 0.1) is 11.3 Å². The molecule has 0 atom stereocenters. The Bertz CT molecular complexity index is 307. The molecule has 4 nitrogen and oxygen atoms in total. The van der Waals surface area contributed by atoms with Crippen molar-refractivity contribution < 1.29 is 0 Å². The lowest BCUT2D eigenvalue weighted by Gasteiger charge is -1.93. The Balaban J connectivity index is 2.36. The summed E-state index contributed by atoms with van der Waals surface area (Å²) >= 11 is 0. The highest BCUT2D eigenvalue weighted by Crippen LogP contribution is 2.23. The molecule has 0 amide bonds. The van der Waals surface area contributed by atoms with Crippen LogP contribution >= 0.6 is 0 Å². The second-order valence-corrected chi connectivity index (χ2v) is 2.54. The van der Waals surface area contributed by atoms with Crippen molar-refractivity contribution in [3.8, 4) is 6.07 Å². The quantitative estimate of drug-likeness (QED) is 0.607. The molecule has 0 unspecified atom stereocenters. The molecular formula is C7H8N4. The van der Waals surface area contributed by atoms with Crippen LogP contribution in [0.5, 0.6) is 0 Å². The van der Waals surface area contributed by atoms with Crippen LogP contribution in [0.4, 0.5) is 5.69 Å². The number of fused-ring (bicyclic) bond motifs is 1. The van der Waals surface area contributed by atoms with Crippen molar-refractivity contribution >= 4 is 5.69 Å². The van der Waals surface area contributed by atoms with Gasteiger partial charge in [-0.15, -0.1) is 0 Å². The minimum absolute atomic E-state index is 0.388. The fourth-order valence-electron chi connectivity index (χ4n) is 1.33. The highest BCUT2D eigenvalue weighted by Gasteiger charge is 2.16. The smallest absolute Gasteiger partial charge is 0.0996 e. The first-order valence-electron chi connectivity index (χ1n) is 3.59. The Morgan fingerprint density at radius 2 is 2.55 bits per heavy atom. The Morgan fingerprint density at radius 1 is 1.64 bits per heavy atom. The summed E-state index contributed by atoms with van der Waals surface area (Å²) < 4.78 is 0. The van der Waals surface area contributed by atoms with Crippen molar-refractivity contribution in [1.82, 2.24) is 10.2 Å². The van der Waals surface area contributed by atoms with Gasteiger partial charge in [-0.2, -0.15) is 10.4 Å². The number of nitrogens with one attached hydrogen (secondary N) is 2. The first kappa shape index (κ1) is 6.23. The third-order valence-electron chi connectivity index (χ3n) is 1.84. The Kier molecular flexibility index (Phi) is 1.29. The van der Waals surface area contributed by atoms with Crippen LogP contribution in [0.25, 0.3) is 0 Å². The molecule has 0 spiro atoms. The molecule has 0 saturated carbocycles. The summed E-state index contributed by atoms with van der Waals surface area (Å²) in [4.78, 5) is 0. The number of aromatic amines is 1. The maximum absolute atomic E-state index is 8.44. The highest BCUT2D eigenvalue weighted by molar-refractivity contribution is 5.56. The minimum Gasteiger partial charge on any atom is -0.382 e. The van der Waals surface area contributed by atoms with Gasteiger partial charge < -0.3 is 5.32 Å². The molecule has 0 radical (unpaired) electrons. The summed E-state index contributed by atoms with van der Waals surface area (Å²) in [6.45, 7) is 0.960. The maximum atomic E-state index is 8.44. The number of nitriles is 1. The fourth-order valence-corrected chi connectivity index (χ4v) is 1.33. The normalized spacial score (nSPS) is 13.7. The largest absolute Gasteiger partial charge is 0.382 e. The molecular weight excluding hydrogens is 140 g/mol. The van der Waals surface area contributed by atoms with Gasteiger partial charge in [0.2, 0.25) is 0 Å². The van der Waals surface area contributed by atoms with Gasteiger partial charge in [-0.05, 0) is 0 Å². The SMILES string of the molecule is N#CCc1n[nH]c2c1NCC2. The van der Waals surface area contributed by atoms with Gasteiger partial charge in [0.25, 0.3) is 0 Å². The molecule has 0 aromatic carbocycles. The van der Waals surface area contributed by atoms with E-state index in [-0.39, 0.29) is 0 Å². The molecule has 4 heteroatoms. The Labute approximate surface area is 64.2 Å². The van der Waals surface area contributed by atoms with E-state index < -0.39 is 0 Å². The van der Waals surface area contributed by atoms with Crippen LogP contribution in [0.2, 0.25) is 0 Å². The number of aromatic nitrogens is 2.